The Labute approximate surface area is 160 Å². The molecular weight excluding hydrogens is 372 g/mol. The summed E-state index contributed by atoms with van der Waals surface area (Å²) in [5.74, 6) is 0.0394. The highest BCUT2D eigenvalue weighted by atomic mass is 35.5. The number of aromatic nitrogens is 2. The second-order valence-electron chi connectivity index (χ2n) is 5.24. The highest BCUT2D eigenvalue weighted by Crippen LogP contribution is 2.31. The van der Waals surface area contributed by atoms with Gasteiger partial charge in [0.1, 0.15) is 11.3 Å². The monoisotopic (exact) mass is 386 g/mol. The summed E-state index contributed by atoms with van der Waals surface area (Å²) in [6.07, 6.45) is 1.20. The minimum atomic E-state index is -0.569. The molecule has 0 saturated carbocycles. The van der Waals surface area contributed by atoms with Crippen LogP contribution in [0.15, 0.2) is 59.2 Å². The number of ether oxygens (including phenoxy) is 3. The number of nitrogens with zero attached hydrogens (tertiary/aromatic N) is 2. The number of para-hydroxylation sites is 1. The number of methoxy groups -OCH3 is 2. The lowest BCUT2D eigenvalue weighted by Crippen LogP contribution is -2.05. The average molecular weight is 387 g/mol. The van der Waals surface area contributed by atoms with Crippen molar-refractivity contribution in [2.24, 2.45) is 0 Å². The van der Waals surface area contributed by atoms with Crippen LogP contribution in [0.1, 0.15) is 5.56 Å². The summed E-state index contributed by atoms with van der Waals surface area (Å²) < 4.78 is 21.0. The predicted molar refractivity (Wildman–Crippen MR) is 98.3 cm³/mol. The van der Waals surface area contributed by atoms with Crippen LogP contribution in [0.5, 0.6) is 11.8 Å². The van der Waals surface area contributed by atoms with Crippen molar-refractivity contribution >= 4 is 23.1 Å². The standard InChI is InChI=1S/C19H15ClN2O5/c1-24-11-15(18(23)25-2)14-5-3-4-6-16(14)26-19-22-21-17(27-19)12-7-9-13(20)10-8-12/h3-11H,1-2H3/b15-11-. The first-order valence-electron chi connectivity index (χ1n) is 7.80. The van der Waals surface area contributed by atoms with Gasteiger partial charge in [0, 0.05) is 16.1 Å². The molecule has 0 aliphatic heterocycles. The Hall–Kier alpha value is -3.32. The third kappa shape index (κ3) is 4.27. The maximum Gasteiger partial charge on any atom is 0.420 e. The summed E-state index contributed by atoms with van der Waals surface area (Å²) in [6, 6.07) is 13.8. The minimum absolute atomic E-state index is 0.0750. The van der Waals surface area contributed by atoms with Crippen molar-refractivity contribution < 1.29 is 23.4 Å². The lowest BCUT2D eigenvalue weighted by atomic mass is 10.1. The SMILES string of the molecule is CO/C=C(\C(=O)OC)c1ccccc1Oc1nnc(-c2ccc(Cl)cc2)o1. The first-order chi connectivity index (χ1) is 13.1. The number of carbonyl (C=O) groups excluding carboxylic acids is 1. The number of hydrogen-bond acceptors (Lipinski definition) is 7. The number of rotatable bonds is 6. The van der Waals surface area contributed by atoms with Crippen LogP contribution < -0.4 is 4.74 Å². The number of carbonyl (C=O) groups is 1. The first-order valence-corrected chi connectivity index (χ1v) is 8.18. The van der Waals surface area contributed by atoms with Crippen LogP contribution in [-0.2, 0) is 14.3 Å². The Bertz CT molecular complexity index is 966. The normalized spacial score (nSPS) is 11.1. The molecule has 8 heteroatoms. The molecule has 0 amide bonds. The van der Waals surface area contributed by atoms with E-state index in [1.807, 2.05) is 0 Å². The summed E-state index contributed by atoms with van der Waals surface area (Å²) in [6.45, 7) is 0. The van der Waals surface area contributed by atoms with E-state index in [1.165, 1.54) is 20.5 Å². The average Bonchev–Trinajstić information content (AvgIpc) is 3.15. The van der Waals surface area contributed by atoms with E-state index < -0.39 is 5.97 Å². The Morgan fingerprint density at radius 2 is 1.81 bits per heavy atom. The molecule has 0 atom stereocenters. The maximum atomic E-state index is 12.0. The van der Waals surface area contributed by atoms with Crippen LogP contribution in [0.25, 0.3) is 17.0 Å². The largest absolute Gasteiger partial charge is 0.503 e. The molecule has 1 heterocycles. The van der Waals surface area contributed by atoms with Crippen LogP contribution >= 0.6 is 11.6 Å². The van der Waals surface area contributed by atoms with E-state index in [0.717, 1.165) is 0 Å². The van der Waals surface area contributed by atoms with E-state index in [2.05, 4.69) is 10.2 Å². The van der Waals surface area contributed by atoms with Crippen molar-refractivity contribution in [3.8, 4) is 23.3 Å². The fourth-order valence-corrected chi connectivity index (χ4v) is 2.41. The van der Waals surface area contributed by atoms with Crippen LogP contribution in [0.2, 0.25) is 5.02 Å². The van der Waals surface area contributed by atoms with Crippen LogP contribution in [0, 0.1) is 0 Å². The van der Waals surface area contributed by atoms with Crippen molar-refractivity contribution in [1.29, 1.82) is 0 Å². The van der Waals surface area contributed by atoms with Crippen molar-refractivity contribution in [3.05, 3.63) is 65.4 Å². The highest BCUT2D eigenvalue weighted by Gasteiger charge is 2.19. The summed E-state index contributed by atoms with van der Waals surface area (Å²) in [7, 11) is 2.72. The van der Waals surface area contributed by atoms with E-state index in [4.69, 9.17) is 30.2 Å². The van der Waals surface area contributed by atoms with Gasteiger partial charge in [0.05, 0.1) is 20.5 Å². The van der Waals surface area contributed by atoms with Gasteiger partial charge in [-0.2, -0.15) is 0 Å². The van der Waals surface area contributed by atoms with Crippen LogP contribution in [-0.4, -0.2) is 30.4 Å². The first kappa shape index (κ1) is 18.5. The van der Waals surface area contributed by atoms with Crippen LogP contribution in [0.4, 0.5) is 0 Å². The molecule has 0 bridgehead atoms. The number of halogens is 1. The maximum absolute atomic E-state index is 12.0. The van der Waals surface area contributed by atoms with E-state index >= 15 is 0 Å². The molecule has 1 aromatic heterocycles. The molecule has 7 nitrogen and oxygen atoms in total. The van der Waals surface area contributed by atoms with Gasteiger partial charge in [-0.25, -0.2) is 4.79 Å². The molecule has 2 aromatic carbocycles. The molecule has 0 fully saturated rings. The van der Waals surface area contributed by atoms with Crippen molar-refractivity contribution in [2.75, 3.05) is 14.2 Å². The van der Waals surface area contributed by atoms with Gasteiger partial charge in [-0.1, -0.05) is 34.9 Å². The molecule has 3 rings (SSSR count). The molecule has 3 aromatic rings. The van der Waals surface area contributed by atoms with E-state index in [9.17, 15) is 4.79 Å². The minimum Gasteiger partial charge on any atom is -0.503 e. The number of benzene rings is 2. The third-order valence-corrected chi connectivity index (χ3v) is 3.77. The Morgan fingerprint density at radius 1 is 1.07 bits per heavy atom. The van der Waals surface area contributed by atoms with Gasteiger partial charge in [0.2, 0.25) is 0 Å². The molecule has 0 spiro atoms. The quantitative estimate of drug-likeness (QED) is 0.354. The Morgan fingerprint density at radius 3 is 2.52 bits per heavy atom. The molecule has 0 unspecified atom stereocenters. The smallest absolute Gasteiger partial charge is 0.420 e. The lowest BCUT2D eigenvalue weighted by Gasteiger charge is -2.10. The fourth-order valence-electron chi connectivity index (χ4n) is 2.28. The van der Waals surface area contributed by atoms with Gasteiger partial charge < -0.3 is 18.6 Å². The van der Waals surface area contributed by atoms with E-state index in [1.54, 1.807) is 48.5 Å². The Kier molecular flexibility index (Phi) is 5.73. The molecular formula is C19H15ClN2O5. The van der Waals surface area contributed by atoms with Gasteiger partial charge in [0.15, 0.2) is 0 Å². The van der Waals surface area contributed by atoms with Crippen molar-refractivity contribution in [3.63, 3.8) is 0 Å². The molecule has 0 radical (unpaired) electrons. The van der Waals surface area contributed by atoms with Gasteiger partial charge in [0.25, 0.3) is 5.89 Å². The summed E-state index contributed by atoms with van der Waals surface area (Å²) >= 11 is 5.88. The van der Waals surface area contributed by atoms with E-state index in [-0.39, 0.29) is 17.5 Å². The number of hydrogen-bond donors (Lipinski definition) is 0. The second kappa shape index (κ2) is 8.37. The van der Waals surface area contributed by atoms with Gasteiger partial charge in [-0.05, 0) is 30.3 Å². The predicted octanol–water partition coefficient (Wildman–Crippen LogP) is 4.34. The molecule has 0 saturated heterocycles. The van der Waals surface area contributed by atoms with Crippen molar-refractivity contribution in [2.45, 2.75) is 0 Å². The van der Waals surface area contributed by atoms with Gasteiger partial charge in [-0.15, -0.1) is 5.10 Å². The summed E-state index contributed by atoms with van der Waals surface area (Å²) in [4.78, 5) is 12.0. The summed E-state index contributed by atoms with van der Waals surface area (Å²) in [5.41, 5.74) is 1.34. The zero-order valence-corrected chi connectivity index (χ0v) is 15.3. The Balaban J connectivity index is 1.90. The topological polar surface area (TPSA) is 83.7 Å². The lowest BCUT2D eigenvalue weighted by molar-refractivity contribution is -0.133. The number of esters is 1. The fraction of sp³-hybridized carbons (Fsp3) is 0.105. The van der Waals surface area contributed by atoms with Crippen LogP contribution in [0.3, 0.4) is 0 Å². The summed E-state index contributed by atoms with van der Waals surface area (Å²) in [5, 5.41) is 8.44. The molecule has 0 N–H and O–H groups in total. The molecule has 0 aliphatic carbocycles. The third-order valence-electron chi connectivity index (χ3n) is 3.51. The van der Waals surface area contributed by atoms with Crippen molar-refractivity contribution in [1.82, 2.24) is 10.2 Å². The van der Waals surface area contributed by atoms with Gasteiger partial charge >= 0.3 is 12.0 Å². The van der Waals surface area contributed by atoms with E-state index in [0.29, 0.717) is 21.9 Å². The zero-order valence-electron chi connectivity index (χ0n) is 14.5. The zero-order chi connectivity index (χ0) is 19.2. The van der Waals surface area contributed by atoms with Gasteiger partial charge in [-0.3, -0.25) is 0 Å². The molecule has 27 heavy (non-hydrogen) atoms. The molecule has 138 valence electrons. The molecule has 0 aliphatic rings. The second-order valence-corrected chi connectivity index (χ2v) is 5.67. The highest BCUT2D eigenvalue weighted by molar-refractivity contribution is 6.30.